The van der Waals surface area contributed by atoms with Crippen LogP contribution in [0.15, 0.2) is 84.1 Å². The standard InChI is InChI=1S/C29H17F3N6O4/c1-15-22(26(41)42)23(17-11-9-16(14-33)10-12-17)38-28(36(15)19-6-4-5-18(13-19)29(30,31)32)34-27(35-38)37-24(39)20-7-2-3-8-21(20)25(37)40/h2-13,23H,1H3,(H,41,42). The second kappa shape index (κ2) is 9.41. The van der Waals surface area contributed by atoms with E-state index in [1.165, 1.54) is 60.4 Å². The van der Waals surface area contributed by atoms with Crippen molar-refractivity contribution in [2.75, 3.05) is 9.80 Å². The average Bonchev–Trinajstić information content (AvgIpc) is 3.50. The number of amides is 2. The number of anilines is 3. The number of nitrogens with zero attached hydrogens (tertiary/aromatic N) is 6. The lowest BCUT2D eigenvalue weighted by atomic mass is 9.94. The molecule has 2 amide bonds. The van der Waals surface area contributed by atoms with E-state index in [9.17, 15) is 37.9 Å². The highest BCUT2D eigenvalue weighted by Gasteiger charge is 2.44. The zero-order valence-corrected chi connectivity index (χ0v) is 21.5. The molecule has 208 valence electrons. The number of carbonyl (C=O) groups excluding carboxylic acids is 2. The van der Waals surface area contributed by atoms with Crippen LogP contribution in [0.4, 0.5) is 30.8 Å². The number of carboxylic acids is 1. The number of halogens is 3. The maximum Gasteiger partial charge on any atom is 0.416 e. The Labute approximate surface area is 235 Å². The number of hydrogen-bond donors (Lipinski definition) is 1. The Morgan fingerprint density at radius 3 is 2.17 bits per heavy atom. The molecule has 1 N–H and O–H groups in total. The number of benzene rings is 3. The zero-order chi connectivity index (χ0) is 29.9. The number of hydrogen-bond acceptors (Lipinski definition) is 7. The lowest BCUT2D eigenvalue weighted by Gasteiger charge is -2.35. The molecule has 4 aromatic rings. The van der Waals surface area contributed by atoms with Crippen molar-refractivity contribution < 1.29 is 32.7 Å². The fraction of sp³-hybridized carbons (Fsp3) is 0.103. The number of alkyl halides is 3. The summed E-state index contributed by atoms with van der Waals surface area (Å²) in [6.45, 7) is 1.42. The van der Waals surface area contributed by atoms with Gasteiger partial charge in [-0.3, -0.25) is 14.5 Å². The van der Waals surface area contributed by atoms with Crippen LogP contribution in [-0.2, 0) is 11.0 Å². The van der Waals surface area contributed by atoms with Crippen molar-refractivity contribution in [2.45, 2.75) is 19.1 Å². The Balaban J connectivity index is 1.59. The first-order valence-corrected chi connectivity index (χ1v) is 12.4. The molecule has 6 rings (SSSR count). The van der Waals surface area contributed by atoms with Crippen LogP contribution in [0.5, 0.6) is 0 Å². The number of aromatic nitrogens is 3. The van der Waals surface area contributed by atoms with Gasteiger partial charge in [-0.1, -0.05) is 30.3 Å². The van der Waals surface area contributed by atoms with Crippen molar-refractivity contribution >= 4 is 35.4 Å². The minimum absolute atomic E-state index is 0.0324. The molecule has 2 aliphatic rings. The highest BCUT2D eigenvalue weighted by molar-refractivity contribution is 6.33. The molecule has 0 fully saturated rings. The quantitative estimate of drug-likeness (QED) is 0.337. The van der Waals surface area contributed by atoms with Crippen molar-refractivity contribution in [3.8, 4) is 6.07 Å². The van der Waals surface area contributed by atoms with Gasteiger partial charge < -0.3 is 5.11 Å². The van der Waals surface area contributed by atoms with Crippen LogP contribution in [-0.4, -0.2) is 37.7 Å². The molecule has 0 saturated heterocycles. The first-order valence-electron chi connectivity index (χ1n) is 12.4. The summed E-state index contributed by atoms with van der Waals surface area (Å²) in [4.78, 5) is 45.5. The normalized spacial score (nSPS) is 16.4. The number of rotatable bonds is 4. The lowest BCUT2D eigenvalue weighted by Crippen LogP contribution is -2.34. The lowest BCUT2D eigenvalue weighted by molar-refractivity contribution is -0.137. The highest BCUT2D eigenvalue weighted by Crippen LogP contribution is 2.44. The Morgan fingerprint density at radius 1 is 0.952 bits per heavy atom. The summed E-state index contributed by atoms with van der Waals surface area (Å²) < 4.78 is 42.1. The maximum atomic E-state index is 13.6. The van der Waals surface area contributed by atoms with E-state index in [4.69, 9.17) is 0 Å². The minimum Gasteiger partial charge on any atom is -0.478 e. The molecule has 2 aliphatic heterocycles. The number of imide groups is 1. The van der Waals surface area contributed by atoms with Gasteiger partial charge in [0.25, 0.3) is 17.8 Å². The molecule has 0 spiro atoms. The summed E-state index contributed by atoms with van der Waals surface area (Å²) in [5.41, 5.74) is -0.345. The fourth-order valence-corrected chi connectivity index (χ4v) is 5.14. The van der Waals surface area contributed by atoms with Crippen molar-refractivity contribution in [3.05, 3.63) is 112 Å². The predicted molar refractivity (Wildman–Crippen MR) is 141 cm³/mol. The van der Waals surface area contributed by atoms with Crippen LogP contribution >= 0.6 is 0 Å². The van der Waals surface area contributed by atoms with E-state index < -0.39 is 35.6 Å². The van der Waals surface area contributed by atoms with Crippen LogP contribution in [0, 0.1) is 11.3 Å². The Bertz CT molecular complexity index is 1850. The summed E-state index contributed by atoms with van der Waals surface area (Å²) in [5, 5.41) is 24.0. The Kier molecular flexibility index (Phi) is 5.93. The number of allylic oxidation sites excluding steroid dienone is 1. The summed E-state index contributed by atoms with van der Waals surface area (Å²) in [5.74, 6) is -3.31. The number of fused-ring (bicyclic) bond motifs is 2. The second-order valence-electron chi connectivity index (χ2n) is 9.47. The summed E-state index contributed by atoms with van der Waals surface area (Å²) in [6, 6.07) is 17.1. The van der Waals surface area contributed by atoms with Gasteiger partial charge in [0, 0.05) is 11.4 Å². The average molecular weight is 570 g/mol. The van der Waals surface area contributed by atoms with Crippen molar-refractivity contribution in [3.63, 3.8) is 0 Å². The molecule has 10 nitrogen and oxygen atoms in total. The van der Waals surface area contributed by atoms with Crippen molar-refractivity contribution in [1.29, 1.82) is 5.26 Å². The topological polar surface area (TPSA) is 132 Å². The summed E-state index contributed by atoms with van der Waals surface area (Å²) in [7, 11) is 0. The van der Waals surface area contributed by atoms with E-state index in [0.717, 1.165) is 21.7 Å². The van der Waals surface area contributed by atoms with Gasteiger partial charge in [-0.25, -0.2) is 14.4 Å². The molecular formula is C29H17F3N6O4. The van der Waals surface area contributed by atoms with E-state index in [1.54, 1.807) is 12.1 Å². The van der Waals surface area contributed by atoms with Crippen LogP contribution in [0.25, 0.3) is 0 Å². The van der Waals surface area contributed by atoms with Crippen molar-refractivity contribution in [1.82, 2.24) is 14.8 Å². The zero-order valence-electron chi connectivity index (χ0n) is 21.5. The smallest absolute Gasteiger partial charge is 0.416 e. The van der Waals surface area contributed by atoms with E-state index in [2.05, 4.69) is 10.1 Å². The Morgan fingerprint density at radius 2 is 1.60 bits per heavy atom. The third kappa shape index (κ3) is 4.00. The molecule has 42 heavy (non-hydrogen) atoms. The molecule has 13 heteroatoms. The third-order valence-electron chi connectivity index (χ3n) is 7.06. The first kappa shape index (κ1) is 26.5. The highest BCUT2D eigenvalue weighted by atomic mass is 19.4. The van der Waals surface area contributed by atoms with E-state index in [0.29, 0.717) is 11.1 Å². The van der Waals surface area contributed by atoms with Gasteiger partial charge in [-0.2, -0.15) is 23.4 Å². The molecule has 3 aromatic carbocycles. The number of aliphatic carboxylic acids is 1. The number of carbonyl (C=O) groups is 3. The van der Waals surface area contributed by atoms with Crippen LogP contribution in [0.3, 0.4) is 0 Å². The van der Waals surface area contributed by atoms with Crippen LogP contribution in [0.2, 0.25) is 0 Å². The van der Waals surface area contributed by atoms with Gasteiger partial charge in [0.15, 0.2) is 0 Å². The fourth-order valence-electron chi connectivity index (χ4n) is 5.14. The predicted octanol–water partition coefficient (Wildman–Crippen LogP) is 5.07. The van der Waals surface area contributed by atoms with Crippen LogP contribution < -0.4 is 9.80 Å². The van der Waals surface area contributed by atoms with Gasteiger partial charge in [-0.05, 0) is 55.0 Å². The molecule has 1 aromatic heterocycles. The summed E-state index contributed by atoms with van der Waals surface area (Å²) >= 11 is 0. The first-order chi connectivity index (χ1) is 20.0. The maximum absolute atomic E-state index is 13.6. The van der Waals surface area contributed by atoms with Gasteiger partial charge in [0.1, 0.15) is 6.04 Å². The van der Waals surface area contributed by atoms with Gasteiger partial charge in [0.05, 0.1) is 33.9 Å². The Hall–Kier alpha value is -5.77. The van der Waals surface area contributed by atoms with Gasteiger partial charge in [-0.15, -0.1) is 5.10 Å². The monoisotopic (exact) mass is 570 g/mol. The molecule has 1 atom stereocenters. The largest absolute Gasteiger partial charge is 0.478 e. The molecule has 0 saturated carbocycles. The van der Waals surface area contributed by atoms with Crippen LogP contribution in [0.1, 0.15) is 50.4 Å². The molecular weight excluding hydrogens is 553 g/mol. The van der Waals surface area contributed by atoms with E-state index >= 15 is 0 Å². The molecule has 0 radical (unpaired) electrons. The SMILES string of the molecule is CC1=C(C(=O)O)C(c2ccc(C#N)cc2)n2nc(N3C(=O)c4ccccc4C3=O)nc2N1c1cccc(C(F)(F)F)c1. The minimum atomic E-state index is -4.69. The molecule has 0 bridgehead atoms. The number of carboxylic acid groups (broad SMARTS) is 1. The van der Waals surface area contributed by atoms with E-state index in [1.807, 2.05) is 6.07 Å². The summed E-state index contributed by atoms with van der Waals surface area (Å²) in [6.07, 6.45) is -4.69. The van der Waals surface area contributed by atoms with Gasteiger partial charge in [0.2, 0.25) is 5.95 Å². The van der Waals surface area contributed by atoms with E-state index in [-0.39, 0.29) is 40.0 Å². The molecule has 0 aliphatic carbocycles. The molecule has 1 unspecified atom stereocenters. The molecule has 3 heterocycles. The third-order valence-corrected chi connectivity index (χ3v) is 7.06. The second-order valence-corrected chi connectivity index (χ2v) is 9.47. The van der Waals surface area contributed by atoms with Gasteiger partial charge >= 0.3 is 12.1 Å². The van der Waals surface area contributed by atoms with Crippen molar-refractivity contribution in [2.24, 2.45) is 0 Å². The number of nitriles is 1.